The van der Waals surface area contributed by atoms with Crippen molar-refractivity contribution in [2.24, 2.45) is 23.2 Å². The Hall–Kier alpha value is -1.06. The number of rotatable bonds is 2. The van der Waals surface area contributed by atoms with Gasteiger partial charge in [0, 0.05) is 13.1 Å². The monoisotopic (exact) mass is 239 g/mol. The van der Waals surface area contributed by atoms with Crippen LogP contribution < -0.4 is 0 Å². The molecule has 1 saturated heterocycles. The Balaban J connectivity index is 1.90. The van der Waals surface area contributed by atoms with Crippen molar-refractivity contribution in [3.63, 3.8) is 0 Å². The van der Waals surface area contributed by atoms with Crippen LogP contribution in [-0.4, -0.2) is 35.0 Å². The average Bonchev–Trinajstić information content (AvgIpc) is 2.84. The number of amides is 1. The molecule has 4 nitrogen and oxygen atoms in total. The number of carbonyl (C=O) groups excluding carboxylic acids is 1. The summed E-state index contributed by atoms with van der Waals surface area (Å²) in [4.78, 5) is 24.7. The van der Waals surface area contributed by atoms with E-state index >= 15 is 0 Å². The van der Waals surface area contributed by atoms with Crippen LogP contribution in [0.1, 0.15) is 33.6 Å². The molecule has 2 aliphatic rings. The molecule has 0 aromatic heterocycles. The fourth-order valence-electron chi connectivity index (χ4n) is 2.64. The lowest BCUT2D eigenvalue weighted by atomic mass is 9.80. The average molecular weight is 239 g/mol. The van der Waals surface area contributed by atoms with Crippen LogP contribution in [0.2, 0.25) is 0 Å². The van der Waals surface area contributed by atoms with Gasteiger partial charge in [-0.25, -0.2) is 0 Å². The van der Waals surface area contributed by atoms with Gasteiger partial charge in [-0.05, 0) is 24.2 Å². The molecule has 1 aliphatic heterocycles. The van der Waals surface area contributed by atoms with E-state index in [-0.39, 0.29) is 17.2 Å². The van der Waals surface area contributed by atoms with Gasteiger partial charge in [-0.3, -0.25) is 9.59 Å². The Labute approximate surface area is 102 Å². The quantitative estimate of drug-likeness (QED) is 0.796. The first-order valence-corrected chi connectivity index (χ1v) is 6.32. The van der Waals surface area contributed by atoms with Gasteiger partial charge in [0.2, 0.25) is 5.91 Å². The molecule has 3 atom stereocenters. The summed E-state index contributed by atoms with van der Waals surface area (Å²) >= 11 is 0. The fraction of sp³-hybridized carbons (Fsp3) is 0.846. The molecule has 2 rings (SSSR count). The molecule has 2 fully saturated rings. The van der Waals surface area contributed by atoms with Crippen molar-refractivity contribution in [3.8, 4) is 0 Å². The van der Waals surface area contributed by atoms with Crippen LogP contribution in [0.3, 0.4) is 0 Å². The molecule has 0 aromatic rings. The highest BCUT2D eigenvalue weighted by Crippen LogP contribution is 2.42. The summed E-state index contributed by atoms with van der Waals surface area (Å²) in [6.45, 7) is 8.18. The van der Waals surface area contributed by atoms with Crippen molar-refractivity contribution in [3.05, 3.63) is 0 Å². The third-order valence-corrected chi connectivity index (χ3v) is 4.15. The van der Waals surface area contributed by atoms with Gasteiger partial charge in [0.05, 0.1) is 11.8 Å². The van der Waals surface area contributed by atoms with E-state index in [0.717, 1.165) is 19.5 Å². The molecule has 1 saturated carbocycles. The minimum Gasteiger partial charge on any atom is -0.481 e. The van der Waals surface area contributed by atoms with Gasteiger partial charge in [0.1, 0.15) is 0 Å². The highest BCUT2D eigenvalue weighted by Gasteiger charge is 2.50. The molecule has 0 aromatic carbocycles. The molecule has 0 spiro atoms. The van der Waals surface area contributed by atoms with E-state index in [1.807, 2.05) is 4.90 Å². The molecule has 4 heteroatoms. The Morgan fingerprint density at radius 2 is 1.88 bits per heavy atom. The van der Waals surface area contributed by atoms with Gasteiger partial charge in [-0.15, -0.1) is 0 Å². The van der Waals surface area contributed by atoms with Gasteiger partial charge >= 0.3 is 5.97 Å². The smallest absolute Gasteiger partial charge is 0.307 e. The second-order valence-corrected chi connectivity index (χ2v) is 6.42. The van der Waals surface area contributed by atoms with Crippen LogP contribution in [0.25, 0.3) is 0 Å². The molecule has 1 aliphatic carbocycles. The van der Waals surface area contributed by atoms with E-state index in [1.54, 1.807) is 0 Å². The number of hydrogen-bond acceptors (Lipinski definition) is 2. The topological polar surface area (TPSA) is 57.6 Å². The van der Waals surface area contributed by atoms with Gasteiger partial charge in [-0.1, -0.05) is 20.8 Å². The molecule has 0 bridgehead atoms. The normalized spacial score (nSPS) is 32.6. The van der Waals surface area contributed by atoms with E-state index in [9.17, 15) is 9.59 Å². The molecule has 1 heterocycles. The molecule has 0 radical (unpaired) electrons. The predicted octanol–water partition coefficient (Wildman–Crippen LogP) is 1.60. The number of nitrogens with zero attached hydrogens (tertiary/aromatic N) is 1. The van der Waals surface area contributed by atoms with Crippen LogP contribution in [0.4, 0.5) is 0 Å². The Morgan fingerprint density at radius 1 is 1.24 bits per heavy atom. The first-order valence-electron chi connectivity index (χ1n) is 6.32. The second-order valence-electron chi connectivity index (χ2n) is 6.42. The first-order chi connectivity index (χ1) is 7.80. The van der Waals surface area contributed by atoms with Gasteiger partial charge in [0.25, 0.3) is 0 Å². The summed E-state index contributed by atoms with van der Waals surface area (Å²) in [5.74, 6) is -0.894. The maximum Gasteiger partial charge on any atom is 0.307 e. The Kier molecular flexibility index (Phi) is 2.92. The Morgan fingerprint density at radius 3 is 2.29 bits per heavy atom. The minimum atomic E-state index is -0.824. The lowest BCUT2D eigenvalue weighted by molar-refractivity contribution is -0.141. The second kappa shape index (κ2) is 4.00. The highest BCUT2D eigenvalue weighted by atomic mass is 16.4. The molecular weight excluding hydrogens is 218 g/mol. The lowest BCUT2D eigenvalue weighted by Crippen LogP contribution is -2.33. The largest absolute Gasteiger partial charge is 0.481 e. The SMILES string of the molecule is CC(C)(C)C1CCN(C(=O)C2CC2C(=O)O)C1. The summed E-state index contributed by atoms with van der Waals surface area (Å²) in [5, 5.41) is 8.83. The van der Waals surface area contributed by atoms with Crippen LogP contribution >= 0.6 is 0 Å². The van der Waals surface area contributed by atoms with Crippen molar-refractivity contribution < 1.29 is 14.7 Å². The number of carboxylic acid groups (broad SMARTS) is 1. The standard InChI is InChI=1S/C13H21NO3/c1-13(2,3)8-4-5-14(7-8)11(15)9-6-10(9)12(16)17/h8-10H,4-7H2,1-3H3,(H,16,17). The maximum absolute atomic E-state index is 12.1. The zero-order chi connectivity index (χ0) is 12.8. The van der Waals surface area contributed by atoms with Crippen LogP contribution in [0.15, 0.2) is 0 Å². The zero-order valence-corrected chi connectivity index (χ0v) is 10.8. The summed E-state index contributed by atoms with van der Waals surface area (Å²) in [6.07, 6.45) is 1.57. The van der Waals surface area contributed by atoms with E-state index in [4.69, 9.17) is 5.11 Å². The summed E-state index contributed by atoms with van der Waals surface area (Å²) in [6, 6.07) is 0. The highest BCUT2D eigenvalue weighted by molar-refractivity contribution is 5.89. The molecule has 17 heavy (non-hydrogen) atoms. The minimum absolute atomic E-state index is 0.0594. The Bertz CT molecular complexity index is 345. The molecule has 1 amide bonds. The van der Waals surface area contributed by atoms with E-state index in [2.05, 4.69) is 20.8 Å². The lowest BCUT2D eigenvalue weighted by Gasteiger charge is -2.27. The predicted molar refractivity (Wildman–Crippen MR) is 63.4 cm³/mol. The van der Waals surface area contributed by atoms with Crippen molar-refractivity contribution in [2.75, 3.05) is 13.1 Å². The number of likely N-dealkylation sites (tertiary alicyclic amines) is 1. The molecule has 3 unspecified atom stereocenters. The van der Waals surface area contributed by atoms with Gasteiger partial charge in [-0.2, -0.15) is 0 Å². The number of carbonyl (C=O) groups is 2. The van der Waals surface area contributed by atoms with E-state index in [1.165, 1.54) is 0 Å². The zero-order valence-electron chi connectivity index (χ0n) is 10.8. The van der Waals surface area contributed by atoms with Crippen LogP contribution in [0.5, 0.6) is 0 Å². The summed E-state index contributed by atoms with van der Waals surface area (Å²) in [5.41, 5.74) is 0.227. The van der Waals surface area contributed by atoms with Crippen molar-refractivity contribution in [1.82, 2.24) is 4.90 Å². The summed E-state index contributed by atoms with van der Waals surface area (Å²) < 4.78 is 0. The first kappa shape index (κ1) is 12.4. The van der Waals surface area contributed by atoms with Crippen LogP contribution in [0, 0.1) is 23.2 Å². The molecule has 1 N–H and O–H groups in total. The number of carboxylic acids is 1. The molecular formula is C13H21NO3. The van der Waals surface area contributed by atoms with Crippen molar-refractivity contribution in [2.45, 2.75) is 33.6 Å². The van der Waals surface area contributed by atoms with Crippen LogP contribution in [-0.2, 0) is 9.59 Å². The third-order valence-electron chi connectivity index (χ3n) is 4.15. The fourth-order valence-corrected chi connectivity index (χ4v) is 2.64. The van der Waals surface area contributed by atoms with E-state index < -0.39 is 11.9 Å². The maximum atomic E-state index is 12.1. The molecule has 96 valence electrons. The van der Waals surface area contributed by atoms with Crippen molar-refractivity contribution >= 4 is 11.9 Å². The van der Waals surface area contributed by atoms with Gasteiger partial charge < -0.3 is 10.0 Å². The third kappa shape index (κ3) is 2.45. The van der Waals surface area contributed by atoms with E-state index in [0.29, 0.717) is 12.3 Å². The van der Waals surface area contributed by atoms with Gasteiger partial charge in [0.15, 0.2) is 0 Å². The van der Waals surface area contributed by atoms with Crippen molar-refractivity contribution in [1.29, 1.82) is 0 Å². The summed E-state index contributed by atoms with van der Waals surface area (Å²) in [7, 11) is 0. The number of hydrogen-bond donors (Lipinski definition) is 1. The number of aliphatic carboxylic acids is 1.